The van der Waals surface area contributed by atoms with E-state index in [1.165, 1.54) is 7.11 Å². The van der Waals surface area contributed by atoms with Crippen LogP contribution in [0.4, 0.5) is 0 Å². The fraction of sp³-hybridized carbons (Fsp3) is 0.130. The number of benzene rings is 3. The van der Waals surface area contributed by atoms with Gasteiger partial charge in [0.2, 0.25) is 0 Å². The van der Waals surface area contributed by atoms with E-state index in [-0.39, 0.29) is 5.91 Å². The van der Waals surface area contributed by atoms with Gasteiger partial charge in [0.05, 0.1) is 33.1 Å². The van der Waals surface area contributed by atoms with Crippen LogP contribution in [0.2, 0.25) is 0 Å². The van der Waals surface area contributed by atoms with Crippen molar-refractivity contribution >= 4 is 73.2 Å². The predicted molar refractivity (Wildman–Crippen MR) is 145 cm³/mol. The molecule has 0 aromatic heterocycles. The fourth-order valence-electron chi connectivity index (χ4n) is 2.74. The number of ether oxygens (including phenoxy) is 3. The van der Waals surface area contributed by atoms with Crippen molar-refractivity contribution in [3.05, 3.63) is 82.9 Å². The van der Waals surface area contributed by atoms with Crippen molar-refractivity contribution in [3.8, 4) is 17.2 Å². The highest BCUT2D eigenvalue weighted by Crippen LogP contribution is 2.29. The second kappa shape index (κ2) is 11.8. The van der Waals surface area contributed by atoms with Gasteiger partial charge in [-0.1, -0.05) is 28.1 Å². The van der Waals surface area contributed by atoms with E-state index in [2.05, 4.69) is 71.6 Å². The highest BCUT2D eigenvalue weighted by Gasteiger charge is 2.13. The maximum absolute atomic E-state index is 12.5. The standard InChI is InChI=1S/C23H19BrI2N2O4/c1-30-17-7-8-18(21(11-17)31-2)23(29)28-27-12-15-9-19(25)22(20(26)10-15)32-13-14-3-5-16(24)6-4-14/h3-12H,13H2,1-2H3,(H,28,29)/b27-12-. The van der Waals surface area contributed by atoms with Crippen LogP contribution in [0.3, 0.4) is 0 Å². The zero-order chi connectivity index (χ0) is 23.1. The molecule has 0 saturated carbocycles. The summed E-state index contributed by atoms with van der Waals surface area (Å²) in [5.41, 5.74) is 4.83. The van der Waals surface area contributed by atoms with Gasteiger partial charge in [-0.05, 0) is 92.7 Å². The van der Waals surface area contributed by atoms with E-state index in [9.17, 15) is 4.79 Å². The highest BCUT2D eigenvalue weighted by molar-refractivity contribution is 14.1. The van der Waals surface area contributed by atoms with Crippen LogP contribution in [0, 0.1) is 7.14 Å². The van der Waals surface area contributed by atoms with E-state index in [1.807, 2.05) is 36.4 Å². The smallest absolute Gasteiger partial charge is 0.275 e. The molecule has 1 N–H and O–H groups in total. The molecule has 0 heterocycles. The Morgan fingerprint density at radius 3 is 2.34 bits per heavy atom. The summed E-state index contributed by atoms with van der Waals surface area (Å²) in [5.74, 6) is 1.46. The van der Waals surface area contributed by atoms with Crippen LogP contribution in [0.5, 0.6) is 17.2 Å². The first kappa shape index (κ1) is 24.8. The third kappa shape index (κ3) is 6.58. The van der Waals surface area contributed by atoms with Crippen molar-refractivity contribution in [2.45, 2.75) is 6.61 Å². The largest absolute Gasteiger partial charge is 0.497 e. The third-order valence-corrected chi connectivity index (χ3v) is 6.48. The van der Waals surface area contributed by atoms with Gasteiger partial charge in [0, 0.05) is 10.5 Å². The molecule has 6 nitrogen and oxygen atoms in total. The number of nitrogens with zero attached hydrogens (tertiary/aromatic N) is 1. The van der Waals surface area contributed by atoms with Crippen LogP contribution < -0.4 is 19.6 Å². The number of halogens is 3. The lowest BCUT2D eigenvalue weighted by Gasteiger charge is -2.11. The van der Waals surface area contributed by atoms with Crippen LogP contribution in [-0.4, -0.2) is 26.3 Å². The number of hydrazone groups is 1. The number of methoxy groups -OCH3 is 2. The molecule has 32 heavy (non-hydrogen) atoms. The lowest BCUT2D eigenvalue weighted by atomic mass is 10.2. The third-order valence-electron chi connectivity index (χ3n) is 4.35. The normalized spacial score (nSPS) is 10.8. The summed E-state index contributed by atoms with van der Waals surface area (Å²) in [6, 6.07) is 16.9. The zero-order valence-corrected chi connectivity index (χ0v) is 23.1. The molecule has 0 fully saturated rings. The topological polar surface area (TPSA) is 69.2 Å². The number of hydrogen-bond acceptors (Lipinski definition) is 5. The van der Waals surface area contributed by atoms with E-state index in [4.69, 9.17) is 14.2 Å². The summed E-state index contributed by atoms with van der Waals surface area (Å²) < 4.78 is 19.4. The van der Waals surface area contributed by atoms with E-state index in [1.54, 1.807) is 31.5 Å². The van der Waals surface area contributed by atoms with Gasteiger partial charge in [-0.3, -0.25) is 4.79 Å². The molecule has 1 amide bonds. The summed E-state index contributed by atoms with van der Waals surface area (Å²) in [5, 5.41) is 4.09. The average Bonchev–Trinajstić information content (AvgIpc) is 2.79. The SMILES string of the molecule is COc1ccc(C(=O)N/N=C\c2cc(I)c(OCc3ccc(Br)cc3)c(I)c2)c(OC)c1. The number of amides is 1. The molecule has 0 aliphatic carbocycles. The molecule has 166 valence electrons. The molecule has 3 rings (SSSR count). The van der Waals surface area contributed by atoms with Crippen molar-refractivity contribution in [3.63, 3.8) is 0 Å². The molecular formula is C23H19BrI2N2O4. The zero-order valence-electron chi connectivity index (χ0n) is 17.2. The van der Waals surface area contributed by atoms with Crippen LogP contribution in [0.25, 0.3) is 0 Å². The molecule has 0 unspecified atom stereocenters. The minimum atomic E-state index is -0.375. The van der Waals surface area contributed by atoms with Crippen molar-refractivity contribution in [2.75, 3.05) is 14.2 Å². The lowest BCUT2D eigenvalue weighted by molar-refractivity contribution is 0.0952. The Kier molecular flexibility index (Phi) is 9.17. The Morgan fingerprint density at radius 1 is 1.03 bits per heavy atom. The maximum Gasteiger partial charge on any atom is 0.275 e. The lowest BCUT2D eigenvalue weighted by Crippen LogP contribution is -2.18. The first-order chi connectivity index (χ1) is 15.4. The monoisotopic (exact) mass is 720 g/mol. The van der Waals surface area contributed by atoms with Crippen molar-refractivity contribution < 1.29 is 19.0 Å². The summed E-state index contributed by atoms with van der Waals surface area (Å²) >= 11 is 7.91. The van der Waals surface area contributed by atoms with Crippen LogP contribution in [0.15, 0.2) is 64.2 Å². The first-order valence-corrected chi connectivity index (χ1v) is 12.3. The predicted octanol–water partition coefficient (Wildman–Crippen LogP) is 6.02. The number of rotatable bonds is 8. The Balaban J connectivity index is 1.66. The van der Waals surface area contributed by atoms with Gasteiger partial charge in [-0.2, -0.15) is 5.10 Å². The molecule has 0 radical (unpaired) electrons. The van der Waals surface area contributed by atoms with Gasteiger partial charge < -0.3 is 14.2 Å². The number of nitrogens with one attached hydrogen (secondary N) is 1. The van der Waals surface area contributed by atoms with Crippen LogP contribution in [0.1, 0.15) is 21.5 Å². The van der Waals surface area contributed by atoms with Gasteiger partial charge in [0.15, 0.2) is 0 Å². The molecule has 9 heteroatoms. The summed E-state index contributed by atoms with van der Waals surface area (Å²) in [7, 11) is 3.05. The summed E-state index contributed by atoms with van der Waals surface area (Å²) in [6.45, 7) is 0.479. The number of carbonyl (C=O) groups is 1. The average molecular weight is 721 g/mol. The van der Waals surface area contributed by atoms with Crippen molar-refractivity contribution in [1.29, 1.82) is 0 Å². The quantitative estimate of drug-likeness (QED) is 0.176. The molecule has 3 aromatic rings. The van der Waals surface area contributed by atoms with Gasteiger partial charge in [-0.15, -0.1) is 0 Å². The Hall–Kier alpha value is -1.86. The second-order valence-electron chi connectivity index (χ2n) is 6.49. The number of carbonyl (C=O) groups excluding carboxylic acids is 1. The second-order valence-corrected chi connectivity index (χ2v) is 9.73. The molecule has 0 aliphatic rings. The summed E-state index contributed by atoms with van der Waals surface area (Å²) in [4.78, 5) is 12.5. The van der Waals surface area contributed by atoms with Crippen LogP contribution >= 0.6 is 61.1 Å². The van der Waals surface area contributed by atoms with Crippen LogP contribution in [-0.2, 0) is 6.61 Å². The van der Waals surface area contributed by atoms with Crippen molar-refractivity contribution in [1.82, 2.24) is 5.43 Å². The van der Waals surface area contributed by atoms with Gasteiger partial charge >= 0.3 is 0 Å². The van der Waals surface area contributed by atoms with E-state index >= 15 is 0 Å². The van der Waals surface area contributed by atoms with Gasteiger partial charge in [-0.25, -0.2) is 5.43 Å². The highest BCUT2D eigenvalue weighted by atomic mass is 127. The maximum atomic E-state index is 12.5. The van der Waals surface area contributed by atoms with E-state index in [0.29, 0.717) is 23.7 Å². The minimum Gasteiger partial charge on any atom is -0.497 e. The molecule has 0 bridgehead atoms. The van der Waals surface area contributed by atoms with E-state index in [0.717, 1.165) is 28.5 Å². The van der Waals surface area contributed by atoms with Gasteiger partial charge in [0.25, 0.3) is 5.91 Å². The molecule has 0 aliphatic heterocycles. The minimum absolute atomic E-state index is 0.367. The Bertz CT molecular complexity index is 1110. The Labute approximate surface area is 222 Å². The van der Waals surface area contributed by atoms with E-state index < -0.39 is 0 Å². The first-order valence-electron chi connectivity index (χ1n) is 9.33. The molecule has 3 aromatic carbocycles. The molecule has 0 spiro atoms. The fourth-order valence-corrected chi connectivity index (χ4v) is 5.13. The van der Waals surface area contributed by atoms with Gasteiger partial charge in [0.1, 0.15) is 23.9 Å². The molecule has 0 saturated heterocycles. The molecular weight excluding hydrogens is 702 g/mol. The van der Waals surface area contributed by atoms with Crippen molar-refractivity contribution in [2.24, 2.45) is 5.10 Å². The summed E-state index contributed by atoms with van der Waals surface area (Å²) in [6.07, 6.45) is 1.59. The Morgan fingerprint density at radius 2 is 1.72 bits per heavy atom. The number of hydrogen-bond donors (Lipinski definition) is 1. The molecule has 0 atom stereocenters.